The summed E-state index contributed by atoms with van der Waals surface area (Å²) in [4.78, 5) is 10.9. The molecule has 198 valence electrons. The molecule has 7 heteroatoms. The molecule has 0 bridgehead atoms. The Kier molecular flexibility index (Phi) is 9.74. The van der Waals surface area contributed by atoms with Crippen LogP contribution in [-0.4, -0.2) is 41.2 Å². The van der Waals surface area contributed by atoms with Crippen molar-refractivity contribution in [1.82, 2.24) is 5.32 Å². The fraction of sp³-hybridized carbons (Fsp3) is 0.367. The Balaban J connectivity index is 1.58. The summed E-state index contributed by atoms with van der Waals surface area (Å²) >= 11 is 6.27. The molecule has 0 saturated heterocycles. The predicted octanol–water partition coefficient (Wildman–Crippen LogP) is 6.73. The predicted molar refractivity (Wildman–Crippen MR) is 148 cm³/mol. The second-order valence-electron chi connectivity index (χ2n) is 10.1. The van der Waals surface area contributed by atoms with Gasteiger partial charge in [0.2, 0.25) is 0 Å². The number of ether oxygens (including phenoxy) is 2. The van der Waals surface area contributed by atoms with E-state index in [-0.39, 0.29) is 18.2 Å². The van der Waals surface area contributed by atoms with Gasteiger partial charge >= 0.3 is 6.16 Å². The molecule has 0 aliphatic rings. The first-order valence-corrected chi connectivity index (χ1v) is 12.7. The Bertz CT molecular complexity index is 1230. The lowest BCUT2D eigenvalue weighted by molar-refractivity contribution is -0.00397. The molecule has 3 aromatic rings. The van der Waals surface area contributed by atoms with Crippen LogP contribution in [0.3, 0.4) is 0 Å². The second kappa shape index (κ2) is 12.6. The molecular weight excluding hydrogens is 490 g/mol. The SMILES string of the molecule is Cc1ccc(CC(C)(C)NC[C@@H](O)COC(C)c2ccccc2-c2ccc(OC(=O)O)c(C)c2)cc1Cl. The molecule has 0 saturated carbocycles. The van der Waals surface area contributed by atoms with Gasteiger partial charge in [0.1, 0.15) is 5.75 Å². The van der Waals surface area contributed by atoms with Crippen LogP contribution in [0.5, 0.6) is 5.75 Å². The highest BCUT2D eigenvalue weighted by Gasteiger charge is 2.21. The van der Waals surface area contributed by atoms with Crippen molar-refractivity contribution >= 4 is 17.8 Å². The number of hydrogen-bond donors (Lipinski definition) is 3. The molecule has 3 N–H and O–H groups in total. The van der Waals surface area contributed by atoms with Crippen LogP contribution in [0.2, 0.25) is 5.02 Å². The summed E-state index contributed by atoms with van der Waals surface area (Å²) in [5.41, 5.74) is 5.57. The van der Waals surface area contributed by atoms with Gasteiger partial charge in [-0.25, -0.2) is 4.79 Å². The molecule has 0 aromatic heterocycles. The Morgan fingerprint density at radius 3 is 2.46 bits per heavy atom. The maximum atomic E-state index is 10.9. The van der Waals surface area contributed by atoms with Gasteiger partial charge in [-0.2, -0.15) is 0 Å². The van der Waals surface area contributed by atoms with E-state index in [2.05, 4.69) is 25.2 Å². The molecular formula is C30H36ClNO5. The zero-order chi connectivity index (χ0) is 27.2. The number of aliphatic hydroxyl groups is 1. The Hall–Kier alpha value is -2.90. The number of carbonyl (C=O) groups is 1. The minimum atomic E-state index is -1.34. The van der Waals surface area contributed by atoms with Gasteiger partial charge in [-0.1, -0.05) is 54.1 Å². The highest BCUT2D eigenvalue weighted by molar-refractivity contribution is 6.31. The minimum Gasteiger partial charge on any atom is -0.449 e. The third-order valence-electron chi connectivity index (χ3n) is 6.32. The Labute approximate surface area is 224 Å². The molecule has 0 fully saturated rings. The van der Waals surface area contributed by atoms with E-state index in [1.807, 2.05) is 69.3 Å². The standard InChI is InChI=1S/C30H36ClNO5/c1-19-10-11-22(15-27(19)31)16-30(4,5)32-17-24(33)18-36-21(3)25-8-6-7-9-26(25)23-12-13-28(20(2)14-23)37-29(34)35/h6-15,21,24,32-33H,16-18H2,1-5H3,(H,34,35)/t21?,24-/m1/s1. The van der Waals surface area contributed by atoms with Crippen LogP contribution >= 0.6 is 11.6 Å². The van der Waals surface area contributed by atoms with Crippen molar-refractivity contribution < 1.29 is 24.5 Å². The molecule has 0 heterocycles. The molecule has 0 spiro atoms. The van der Waals surface area contributed by atoms with Gasteiger partial charge in [0.15, 0.2) is 0 Å². The summed E-state index contributed by atoms with van der Waals surface area (Å²) in [6, 6.07) is 19.4. The molecule has 3 aromatic carbocycles. The molecule has 0 aliphatic carbocycles. The summed E-state index contributed by atoms with van der Waals surface area (Å²) in [6.07, 6.45) is -1.50. The number of hydrogen-bond acceptors (Lipinski definition) is 5. The lowest BCUT2D eigenvalue weighted by atomic mass is 9.94. The molecule has 0 aliphatic heterocycles. The number of benzene rings is 3. The van der Waals surface area contributed by atoms with Crippen LogP contribution in [0.25, 0.3) is 11.1 Å². The van der Waals surface area contributed by atoms with Gasteiger partial charge in [0, 0.05) is 17.1 Å². The van der Waals surface area contributed by atoms with E-state index in [9.17, 15) is 9.90 Å². The number of rotatable bonds is 11. The molecule has 1 unspecified atom stereocenters. The van der Waals surface area contributed by atoms with Crippen molar-refractivity contribution in [2.24, 2.45) is 0 Å². The van der Waals surface area contributed by atoms with E-state index < -0.39 is 12.3 Å². The average Bonchev–Trinajstić information content (AvgIpc) is 2.84. The second-order valence-corrected chi connectivity index (χ2v) is 10.5. The highest BCUT2D eigenvalue weighted by Crippen LogP contribution is 2.33. The first-order valence-electron chi connectivity index (χ1n) is 12.4. The Morgan fingerprint density at radius 1 is 1.05 bits per heavy atom. The topological polar surface area (TPSA) is 88.0 Å². The monoisotopic (exact) mass is 525 g/mol. The van der Waals surface area contributed by atoms with Gasteiger partial charge in [0.25, 0.3) is 0 Å². The van der Waals surface area contributed by atoms with Crippen molar-refractivity contribution in [2.45, 2.75) is 58.8 Å². The van der Waals surface area contributed by atoms with E-state index in [0.717, 1.165) is 44.8 Å². The third kappa shape index (κ3) is 8.30. The zero-order valence-electron chi connectivity index (χ0n) is 22.0. The molecule has 6 nitrogen and oxygen atoms in total. The molecule has 0 amide bonds. The smallest absolute Gasteiger partial charge is 0.449 e. The van der Waals surface area contributed by atoms with Gasteiger partial charge in [-0.3, -0.25) is 0 Å². The summed E-state index contributed by atoms with van der Waals surface area (Å²) in [7, 11) is 0. The van der Waals surface area contributed by atoms with Crippen LogP contribution in [-0.2, 0) is 11.2 Å². The summed E-state index contributed by atoms with van der Waals surface area (Å²) in [5.74, 6) is 0.307. The largest absolute Gasteiger partial charge is 0.511 e. The fourth-order valence-electron chi connectivity index (χ4n) is 4.26. The van der Waals surface area contributed by atoms with Gasteiger partial charge in [-0.05, 0) is 92.6 Å². The van der Waals surface area contributed by atoms with E-state index in [4.69, 9.17) is 26.2 Å². The van der Waals surface area contributed by atoms with Crippen LogP contribution < -0.4 is 10.1 Å². The molecule has 2 atom stereocenters. The number of aryl methyl sites for hydroxylation is 2. The van der Waals surface area contributed by atoms with Gasteiger partial charge < -0.3 is 25.0 Å². The van der Waals surface area contributed by atoms with Crippen LogP contribution in [0.15, 0.2) is 60.7 Å². The zero-order valence-corrected chi connectivity index (χ0v) is 22.8. The van der Waals surface area contributed by atoms with Gasteiger partial charge in [0.05, 0.1) is 18.8 Å². The minimum absolute atomic E-state index is 0.180. The van der Waals surface area contributed by atoms with Crippen molar-refractivity contribution in [2.75, 3.05) is 13.2 Å². The summed E-state index contributed by atoms with van der Waals surface area (Å²) in [6.45, 7) is 10.5. The number of aliphatic hydroxyl groups excluding tert-OH is 1. The van der Waals surface area contributed by atoms with Gasteiger partial charge in [-0.15, -0.1) is 0 Å². The number of halogens is 1. The number of carboxylic acid groups (broad SMARTS) is 1. The van der Waals surface area contributed by atoms with E-state index in [1.165, 1.54) is 0 Å². The lowest BCUT2D eigenvalue weighted by Gasteiger charge is -2.28. The third-order valence-corrected chi connectivity index (χ3v) is 6.73. The van der Waals surface area contributed by atoms with Crippen molar-refractivity contribution in [3.8, 4) is 16.9 Å². The highest BCUT2D eigenvalue weighted by atomic mass is 35.5. The number of β-amino-alcohol motifs (C(OH)–C–C–N with tert-alkyl or cyclic N) is 1. The summed E-state index contributed by atoms with van der Waals surface area (Å²) in [5, 5.41) is 23.7. The van der Waals surface area contributed by atoms with Crippen LogP contribution in [0.4, 0.5) is 4.79 Å². The van der Waals surface area contributed by atoms with Crippen molar-refractivity contribution in [1.29, 1.82) is 0 Å². The van der Waals surface area contributed by atoms with Crippen LogP contribution in [0.1, 0.15) is 49.1 Å². The van der Waals surface area contributed by atoms with Crippen molar-refractivity contribution in [3.63, 3.8) is 0 Å². The maximum absolute atomic E-state index is 10.9. The average molecular weight is 526 g/mol. The first-order chi connectivity index (χ1) is 17.4. The van der Waals surface area contributed by atoms with E-state index in [0.29, 0.717) is 12.3 Å². The quantitative estimate of drug-likeness (QED) is 0.190. The first kappa shape index (κ1) is 28.7. The fourth-order valence-corrected chi connectivity index (χ4v) is 4.46. The van der Waals surface area contributed by atoms with Crippen molar-refractivity contribution in [3.05, 3.63) is 87.9 Å². The number of nitrogens with one attached hydrogen (secondary N) is 1. The molecule has 3 rings (SSSR count). The lowest BCUT2D eigenvalue weighted by Crippen LogP contribution is -2.46. The van der Waals surface area contributed by atoms with Crippen LogP contribution in [0, 0.1) is 13.8 Å². The molecule has 0 radical (unpaired) electrons. The molecule has 37 heavy (non-hydrogen) atoms. The normalized spacial score (nSPS) is 13.3. The Morgan fingerprint density at radius 2 is 1.78 bits per heavy atom. The van der Waals surface area contributed by atoms with E-state index >= 15 is 0 Å². The maximum Gasteiger partial charge on any atom is 0.511 e. The summed E-state index contributed by atoms with van der Waals surface area (Å²) < 4.78 is 10.9. The van der Waals surface area contributed by atoms with E-state index in [1.54, 1.807) is 6.07 Å².